The van der Waals surface area contributed by atoms with E-state index in [1.54, 1.807) is 6.07 Å². The van der Waals surface area contributed by atoms with Gasteiger partial charge in [0.1, 0.15) is 16.8 Å². The van der Waals surface area contributed by atoms with Crippen LogP contribution in [0.25, 0.3) is 11.3 Å². The van der Waals surface area contributed by atoms with Crippen molar-refractivity contribution in [3.8, 4) is 17.5 Å². The van der Waals surface area contributed by atoms with E-state index >= 15 is 0 Å². The first-order valence-electron chi connectivity index (χ1n) is 13.1. The molecule has 5 N–H and O–H groups in total. The molecule has 0 aliphatic carbocycles. The van der Waals surface area contributed by atoms with Crippen molar-refractivity contribution in [2.45, 2.75) is 30.2 Å². The fourth-order valence-electron chi connectivity index (χ4n) is 3.93. The third-order valence-corrected chi connectivity index (χ3v) is 7.51. The minimum Gasteiger partial charge on any atom is -0.379 e. The zero-order chi connectivity index (χ0) is 29.5. The van der Waals surface area contributed by atoms with Crippen LogP contribution < -0.4 is 20.8 Å². The number of guanidine groups is 1. The normalized spacial score (nSPS) is 15.5. The van der Waals surface area contributed by atoms with E-state index in [0.717, 1.165) is 25.8 Å². The van der Waals surface area contributed by atoms with Crippen molar-refractivity contribution in [2.75, 3.05) is 45.9 Å². The Morgan fingerprint density at radius 2 is 2.12 bits per heavy atom. The fourth-order valence-corrected chi connectivity index (χ4v) is 5.10. The Hall–Kier alpha value is -3.68. The van der Waals surface area contributed by atoms with Crippen molar-refractivity contribution in [2.24, 2.45) is 4.99 Å². The lowest BCUT2D eigenvalue weighted by Gasteiger charge is -2.26. The summed E-state index contributed by atoms with van der Waals surface area (Å²) in [6.07, 6.45) is 3.92. The molecule has 1 fully saturated rings. The van der Waals surface area contributed by atoms with Crippen molar-refractivity contribution < 1.29 is 29.0 Å². The topological polar surface area (TPSA) is 181 Å². The number of benzene rings is 1. The number of morpholine rings is 1. The molecule has 3 rings (SSSR count). The molecule has 1 atom stereocenters. The van der Waals surface area contributed by atoms with Crippen molar-refractivity contribution in [1.29, 1.82) is 5.26 Å². The predicted octanol–water partition coefficient (Wildman–Crippen LogP) is 0.559. The molecule has 1 aromatic carbocycles. The largest absolute Gasteiger partial charge is 0.379 e. The number of aliphatic imine (C=N–C) groups is 1. The summed E-state index contributed by atoms with van der Waals surface area (Å²) in [6.45, 7) is 4.76. The van der Waals surface area contributed by atoms with Gasteiger partial charge in [0.25, 0.3) is 5.91 Å². The first-order chi connectivity index (χ1) is 19.8. The van der Waals surface area contributed by atoms with Crippen molar-refractivity contribution >= 4 is 21.9 Å². The van der Waals surface area contributed by atoms with Gasteiger partial charge in [-0.3, -0.25) is 30.2 Å². The lowest BCUT2D eigenvalue weighted by molar-refractivity contribution is -0.131. The first-order valence-corrected chi connectivity index (χ1v) is 14.2. The van der Waals surface area contributed by atoms with E-state index in [1.807, 2.05) is 11.7 Å². The second-order valence-electron chi connectivity index (χ2n) is 8.87. The zero-order valence-corrected chi connectivity index (χ0v) is 22.6. The molecule has 216 valence electrons. The number of hydrogen-bond acceptors (Lipinski definition) is 9. The van der Waals surface area contributed by atoms with Crippen LogP contribution in [0.1, 0.15) is 19.3 Å². The Bertz CT molecular complexity index is 1300. The maximum absolute atomic E-state index is 13.5. The number of aromatic nitrogens is 1. The molecule has 2 heterocycles. The Morgan fingerprint density at radius 1 is 1.30 bits per heavy atom. The Morgan fingerprint density at radius 3 is 2.83 bits per heavy atom. The predicted molar refractivity (Wildman–Crippen MR) is 144 cm³/mol. The van der Waals surface area contributed by atoms with Crippen LogP contribution in [0.2, 0.25) is 1.43 Å². The number of nitrogens with zero attached hydrogens (tertiary/aromatic N) is 4. The highest BCUT2D eigenvalue weighted by atomic mass is 32.2. The molecule has 1 aliphatic heterocycles. The highest BCUT2D eigenvalue weighted by molar-refractivity contribution is 7.89. The second-order valence-corrected chi connectivity index (χ2v) is 10.6. The summed E-state index contributed by atoms with van der Waals surface area (Å²) in [7, 11) is -4.17. The van der Waals surface area contributed by atoms with E-state index in [0.29, 0.717) is 56.4 Å². The van der Waals surface area contributed by atoms with Gasteiger partial charge in [-0.25, -0.2) is 18.3 Å². The average Bonchev–Trinajstić information content (AvgIpc) is 2.97. The summed E-state index contributed by atoms with van der Waals surface area (Å²) in [5.74, 6) is -0.961. The molecule has 40 heavy (non-hydrogen) atoms. The first kappa shape index (κ1) is 29.3. The standard InChI is InChI=1S/C25H33FN8O5S/c26-20-5-3-4-19(16-20)22-8-7-21(17-30-22)40(37,38)33-23(24(35)32-36)6-1-2-9-28-25(31-18-27)29-10-11-34-12-14-39-15-13-34/h3-5,7-8,16-17,23,33,36H,1-2,6,9-15H2,(H,32,35)(H2,28,29,31)/t23-/m0/s1/i/hD. The van der Waals surface area contributed by atoms with E-state index in [2.05, 4.69) is 35.4 Å². The number of nitriles is 1. The van der Waals surface area contributed by atoms with Crippen LogP contribution in [0.5, 0.6) is 0 Å². The summed E-state index contributed by atoms with van der Waals surface area (Å²) in [5.41, 5.74) is 2.69. The Balaban J connectivity index is 1.53. The number of nitrogens with one attached hydrogen (secondary N) is 4. The van der Waals surface area contributed by atoms with Gasteiger partial charge in [0, 0.05) is 44.5 Å². The molecule has 0 saturated carbocycles. The number of carbonyl (C=O) groups excluding carboxylic acids is 1. The lowest BCUT2D eigenvalue weighted by Crippen LogP contribution is -2.45. The molecule has 1 aliphatic rings. The van der Waals surface area contributed by atoms with Gasteiger partial charge in [0.2, 0.25) is 17.4 Å². The molecule has 0 spiro atoms. The van der Waals surface area contributed by atoms with E-state index in [-0.39, 0.29) is 11.3 Å². The lowest BCUT2D eigenvalue weighted by atomic mass is 10.1. The number of amides is 1. The molecule has 0 bridgehead atoms. The number of ether oxygens (including phenoxy) is 1. The van der Waals surface area contributed by atoms with Gasteiger partial charge in [-0.1, -0.05) is 12.1 Å². The number of hydroxylamine groups is 1. The maximum atomic E-state index is 13.5. The number of pyridine rings is 1. The van der Waals surface area contributed by atoms with Crippen LogP contribution in [0.3, 0.4) is 0 Å². The van der Waals surface area contributed by atoms with Gasteiger partial charge < -0.3 is 10.1 Å². The van der Waals surface area contributed by atoms with Crippen molar-refractivity contribution in [1.82, 2.24) is 30.7 Å². The molecule has 13 nitrogen and oxygen atoms in total. The van der Waals surface area contributed by atoms with Gasteiger partial charge in [-0.2, -0.15) is 9.98 Å². The van der Waals surface area contributed by atoms with E-state index < -0.39 is 27.8 Å². The molecule has 15 heteroatoms. The summed E-state index contributed by atoms with van der Waals surface area (Å²) >= 11 is 0. The Kier molecular flexibility index (Phi) is 11.6. The quantitative estimate of drug-likeness (QED) is 0.0405. The summed E-state index contributed by atoms with van der Waals surface area (Å²) in [4.78, 5) is 22.9. The minimum absolute atomic E-state index is 0.0875. The third kappa shape index (κ3) is 9.81. The number of sulfonamides is 1. The number of unbranched alkanes of at least 4 members (excludes halogenated alkanes) is 1. The van der Waals surface area contributed by atoms with Crippen LogP contribution in [0, 0.1) is 17.3 Å². The summed E-state index contributed by atoms with van der Waals surface area (Å²) in [5, 5.41) is 18.5. The van der Waals surface area contributed by atoms with Crippen LogP contribution in [-0.2, 0) is 19.6 Å². The van der Waals surface area contributed by atoms with Gasteiger partial charge in [0.15, 0.2) is 6.19 Å². The monoisotopic (exact) mass is 577 g/mol. The molecule has 0 radical (unpaired) electrons. The average molecular weight is 578 g/mol. The fraction of sp³-hybridized carbons (Fsp3) is 0.440. The van der Waals surface area contributed by atoms with Gasteiger partial charge in [-0.15, -0.1) is 0 Å². The van der Waals surface area contributed by atoms with E-state index in [9.17, 15) is 17.6 Å². The molecular weight excluding hydrogens is 543 g/mol. The molecule has 1 amide bonds. The molecule has 1 aromatic heterocycles. The molecule has 0 unspecified atom stereocenters. The van der Waals surface area contributed by atoms with Gasteiger partial charge >= 0.3 is 0 Å². The van der Waals surface area contributed by atoms with Gasteiger partial charge in [-0.05, 0) is 43.5 Å². The van der Waals surface area contributed by atoms with E-state index in [4.69, 9.17) is 11.4 Å². The van der Waals surface area contributed by atoms with Crippen LogP contribution in [0.15, 0.2) is 52.5 Å². The summed E-state index contributed by atoms with van der Waals surface area (Å²) in [6, 6.07) is 7.23. The van der Waals surface area contributed by atoms with Crippen LogP contribution in [0.4, 0.5) is 4.39 Å². The molecular formula is C25H33FN8O5S. The molecule has 2 aromatic rings. The van der Waals surface area contributed by atoms with Crippen LogP contribution >= 0.6 is 0 Å². The van der Waals surface area contributed by atoms with Crippen molar-refractivity contribution in [3.63, 3.8) is 0 Å². The SMILES string of the molecule is [2H]ONC(=O)[C@H](CCCCN=C(NC#N)NCCN1CCOCC1)NS(=O)(=O)c1ccc(-c2cccc(F)c2)nc1. The highest BCUT2D eigenvalue weighted by Crippen LogP contribution is 2.20. The zero-order valence-electron chi connectivity index (χ0n) is 22.8. The second kappa shape index (κ2) is 15.8. The summed E-state index contributed by atoms with van der Waals surface area (Å²) < 4.78 is 53.9. The number of carbonyl (C=O) groups is 1. The number of rotatable bonds is 14. The van der Waals surface area contributed by atoms with Gasteiger partial charge in [0.05, 0.1) is 18.9 Å². The molecule has 1 saturated heterocycles. The third-order valence-electron chi connectivity index (χ3n) is 6.05. The Labute approximate surface area is 233 Å². The number of hydrogen-bond donors (Lipinski definition) is 5. The van der Waals surface area contributed by atoms with Crippen molar-refractivity contribution in [3.05, 3.63) is 48.4 Å². The maximum Gasteiger partial charge on any atom is 0.261 e. The van der Waals surface area contributed by atoms with E-state index in [1.165, 1.54) is 30.3 Å². The van der Waals surface area contributed by atoms with Crippen LogP contribution in [-0.4, -0.2) is 87.4 Å². The highest BCUT2D eigenvalue weighted by Gasteiger charge is 2.25. The smallest absolute Gasteiger partial charge is 0.261 e. The number of halogens is 1. The minimum atomic E-state index is -4.17.